The molecule has 2 N–H and O–H groups in total. The third-order valence-corrected chi connectivity index (χ3v) is 4.64. The molecule has 0 bridgehead atoms. The Hall–Kier alpha value is -0.930. The third kappa shape index (κ3) is 3.39. The van der Waals surface area contributed by atoms with Gasteiger partial charge in [-0.1, -0.05) is 36.9 Å². The van der Waals surface area contributed by atoms with Crippen molar-refractivity contribution in [2.75, 3.05) is 37.5 Å². The van der Waals surface area contributed by atoms with Crippen molar-refractivity contribution >= 4 is 23.0 Å². The first-order chi connectivity index (χ1) is 9.58. The molecule has 1 aliphatic carbocycles. The molecular weight excluding hydrogens is 272 g/mol. The Labute approximate surface area is 126 Å². The van der Waals surface area contributed by atoms with Crippen LogP contribution in [0.15, 0.2) is 18.2 Å². The summed E-state index contributed by atoms with van der Waals surface area (Å²) >= 11 is 6.28. The molecule has 112 valence electrons. The summed E-state index contributed by atoms with van der Waals surface area (Å²) in [5, 5.41) is 14.0. The number of aliphatic hydroxyl groups is 1. The summed E-state index contributed by atoms with van der Waals surface area (Å²) in [4.78, 5) is 2.02. The molecule has 1 fully saturated rings. The van der Waals surface area contributed by atoms with Gasteiger partial charge in [0.15, 0.2) is 0 Å². The van der Waals surface area contributed by atoms with Gasteiger partial charge < -0.3 is 15.3 Å². The molecule has 1 aromatic carbocycles. The fourth-order valence-corrected chi connectivity index (χ4v) is 3.43. The van der Waals surface area contributed by atoms with Crippen molar-refractivity contribution in [3.63, 3.8) is 0 Å². The minimum atomic E-state index is 0.0319. The van der Waals surface area contributed by atoms with E-state index in [1.807, 2.05) is 31.1 Å². The molecule has 1 aromatic rings. The zero-order valence-electron chi connectivity index (χ0n) is 12.5. The van der Waals surface area contributed by atoms with E-state index < -0.39 is 0 Å². The fraction of sp³-hybridized carbons (Fsp3) is 0.625. The van der Waals surface area contributed by atoms with Gasteiger partial charge in [0.2, 0.25) is 0 Å². The zero-order chi connectivity index (χ0) is 14.6. The van der Waals surface area contributed by atoms with Crippen LogP contribution in [0.1, 0.15) is 32.1 Å². The monoisotopic (exact) mass is 296 g/mol. The van der Waals surface area contributed by atoms with Crippen molar-refractivity contribution in [2.24, 2.45) is 5.41 Å². The normalized spacial score (nSPS) is 17.8. The summed E-state index contributed by atoms with van der Waals surface area (Å²) < 4.78 is 0. The van der Waals surface area contributed by atoms with Gasteiger partial charge in [-0.2, -0.15) is 0 Å². The Kier molecular flexibility index (Phi) is 5.17. The van der Waals surface area contributed by atoms with Gasteiger partial charge in [0, 0.05) is 26.1 Å². The number of para-hydroxylation sites is 1. The van der Waals surface area contributed by atoms with Crippen molar-refractivity contribution < 1.29 is 5.11 Å². The summed E-state index contributed by atoms with van der Waals surface area (Å²) in [6.07, 6.45) is 5.95. The van der Waals surface area contributed by atoms with Crippen LogP contribution in [0.25, 0.3) is 0 Å². The van der Waals surface area contributed by atoms with Crippen molar-refractivity contribution in [3.8, 4) is 0 Å². The molecule has 2 rings (SSSR count). The van der Waals surface area contributed by atoms with Gasteiger partial charge in [-0.3, -0.25) is 0 Å². The van der Waals surface area contributed by atoms with Crippen LogP contribution in [0.2, 0.25) is 5.02 Å². The summed E-state index contributed by atoms with van der Waals surface area (Å²) in [5.74, 6) is 0. The highest BCUT2D eigenvalue weighted by atomic mass is 35.5. The molecule has 1 saturated carbocycles. The number of hydrogen-bond acceptors (Lipinski definition) is 3. The SMILES string of the molecule is CN(C)c1c(Cl)cccc1NCC1(CO)CCCCC1. The number of rotatable bonds is 5. The van der Waals surface area contributed by atoms with Gasteiger partial charge in [-0.15, -0.1) is 0 Å². The second kappa shape index (κ2) is 6.68. The standard InChI is InChI=1S/C16H25ClN2O/c1-19(2)15-13(17)7-6-8-14(15)18-11-16(12-20)9-4-3-5-10-16/h6-8,18,20H,3-5,9-12H2,1-2H3. The first kappa shape index (κ1) is 15.5. The molecule has 0 radical (unpaired) electrons. The molecule has 20 heavy (non-hydrogen) atoms. The second-order valence-corrected chi connectivity index (χ2v) is 6.51. The average molecular weight is 297 g/mol. The summed E-state index contributed by atoms with van der Waals surface area (Å²) in [6.45, 7) is 1.07. The van der Waals surface area contributed by atoms with Gasteiger partial charge in [0.25, 0.3) is 0 Å². The van der Waals surface area contributed by atoms with Gasteiger partial charge in [0.1, 0.15) is 0 Å². The Morgan fingerprint density at radius 1 is 1.25 bits per heavy atom. The van der Waals surface area contributed by atoms with E-state index in [2.05, 4.69) is 11.4 Å². The van der Waals surface area contributed by atoms with Crippen molar-refractivity contribution in [3.05, 3.63) is 23.2 Å². The van der Waals surface area contributed by atoms with Crippen molar-refractivity contribution in [1.29, 1.82) is 0 Å². The van der Waals surface area contributed by atoms with Gasteiger partial charge >= 0.3 is 0 Å². The van der Waals surface area contributed by atoms with Crippen LogP contribution in [0.5, 0.6) is 0 Å². The number of nitrogens with one attached hydrogen (secondary N) is 1. The maximum absolute atomic E-state index is 9.78. The highest BCUT2D eigenvalue weighted by Crippen LogP contribution is 2.38. The summed E-state index contributed by atoms with van der Waals surface area (Å²) in [7, 11) is 3.99. The highest BCUT2D eigenvalue weighted by Gasteiger charge is 2.31. The van der Waals surface area contributed by atoms with Crippen LogP contribution in [0.3, 0.4) is 0 Å². The molecule has 0 aliphatic heterocycles. The topological polar surface area (TPSA) is 35.5 Å². The molecule has 4 heteroatoms. The maximum atomic E-state index is 9.78. The Bertz CT molecular complexity index is 442. The second-order valence-electron chi connectivity index (χ2n) is 6.10. The van der Waals surface area contributed by atoms with E-state index in [9.17, 15) is 5.11 Å². The van der Waals surface area contributed by atoms with Crippen molar-refractivity contribution in [2.45, 2.75) is 32.1 Å². The minimum Gasteiger partial charge on any atom is -0.396 e. The zero-order valence-corrected chi connectivity index (χ0v) is 13.2. The lowest BCUT2D eigenvalue weighted by molar-refractivity contribution is 0.0944. The Morgan fingerprint density at radius 2 is 1.95 bits per heavy atom. The van der Waals surface area contributed by atoms with Gasteiger partial charge in [0.05, 0.1) is 23.0 Å². The van der Waals surface area contributed by atoms with Gasteiger partial charge in [-0.25, -0.2) is 0 Å². The molecule has 0 atom stereocenters. The van der Waals surface area contributed by atoms with Crippen LogP contribution in [-0.2, 0) is 0 Å². The third-order valence-electron chi connectivity index (χ3n) is 4.34. The Balaban J connectivity index is 2.12. The molecule has 1 aliphatic rings. The van der Waals surface area contributed by atoms with E-state index in [1.165, 1.54) is 19.3 Å². The summed E-state index contributed by atoms with van der Waals surface area (Å²) in [6, 6.07) is 5.92. The average Bonchev–Trinajstić information content (AvgIpc) is 2.45. The highest BCUT2D eigenvalue weighted by molar-refractivity contribution is 6.34. The van der Waals surface area contributed by atoms with E-state index >= 15 is 0 Å². The Morgan fingerprint density at radius 3 is 2.55 bits per heavy atom. The van der Waals surface area contributed by atoms with E-state index in [4.69, 9.17) is 11.6 Å². The number of aliphatic hydroxyl groups excluding tert-OH is 1. The molecule has 0 heterocycles. The minimum absolute atomic E-state index is 0.0319. The smallest absolute Gasteiger partial charge is 0.0786 e. The first-order valence-corrected chi connectivity index (χ1v) is 7.76. The molecule has 0 aromatic heterocycles. The first-order valence-electron chi connectivity index (χ1n) is 7.39. The van der Waals surface area contributed by atoms with E-state index in [-0.39, 0.29) is 12.0 Å². The molecular formula is C16H25ClN2O. The van der Waals surface area contributed by atoms with Crippen LogP contribution >= 0.6 is 11.6 Å². The van der Waals surface area contributed by atoms with E-state index in [0.717, 1.165) is 35.8 Å². The molecule has 0 amide bonds. The largest absolute Gasteiger partial charge is 0.396 e. The van der Waals surface area contributed by atoms with E-state index in [1.54, 1.807) is 0 Å². The van der Waals surface area contributed by atoms with E-state index in [0.29, 0.717) is 0 Å². The number of hydrogen-bond donors (Lipinski definition) is 2. The van der Waals surface area contributed by atoms with Crippen LogP contribution in [0, 0.1) is 5.41 Å². The quantitative estimate of drug-likeness (QED) is 0.868. The number of benzene rings is 1. The predicted octanol–water partition coefficient (Wildman–Crippen LogP) is 3.76. The lowest BCUT2D eigenvalue weighted by Crippen LogP contribution is -2.35. The molecule has 0 spiro atoms. The van der Waals surface area contributed by atoms with Crippen molar-refractivity contribution in [1.82, 2.24) is 0 Å². The lowest BCUT2D eigenvalue weighted by atomic mass is 9.74. The number of anilines is 2. The number of nitrogens with zero attached hydrogens (tertiary/aromatic N) is 1. The molecule has 0 unspecified atom stereocenters. The molecule has 0 saturated heterocycles. The van der Waals surface area contributed by atoms with Crippen LogP contribution in [0.4, 0.5) is 11.4 Å². The van der Waals surface area contributed by atoms with Crippen LogP contribution < -0.4 is 10.2 Å². The molecule has 3 nitrogen and oxygen atoms in total. The van der Waals surface area contributed by atoms with Gasteiger partial charge in [-0.05, 0) is 25.0 Å². The number of halogens is 1. The maximum Gasteiger partial charge on any atom is 0.0786 e. The van der Waals surface area contributed by atoms with Crippen LogP contribution in [-0.4, -0.2) is 32.4 Å². The summed E-state index contributed by atoms with van der Waals surface area (Å²) in [5.41, 5.74) is 2.09. The predicted molar refractivity (Wildman–Crippen MR) is 86.9 cm³/mol. The lowest BCUT2D eigenvalue weighted by Gasteiger charge is -2.36. The fourth-order valence-electron chi connectivity index (χ4n) is 3.09.